The van der Waals surface area contributed by atoms with E-state index in [4.69, 9.17) is 4.74 Å². The molecule has 4 rings (SSSR count). The lowest BCUT2D eigenvalue weighted by Gasteiger charge is -2.08. The summed E-state index contributed by atoms with van der Waals surface area (Å²) in [7, 11) is 0. The molecule has 25 heavy (non-hydrogen) atoms. The van der Waals surface area contributed by atoms with Crippen LogP contribution < -0.4 is 4.74 Å². The number of carbonyl (C=O) groups excluding carboxylic acids is 1. The first-order valence-electron chi connectivity index (χ1n) is 7.90. The van der Waals surface area contributed by atoms with Crippen LogP contribution in [0.4, 0.5) is 0 Å². The van der Waals surface area contributed by atoms with E-state index in [0.717, 1.165) is 11.1 Å². The fourth-order valence-electron chi connectivity index (χ4n) is 2.81. The number of H-pyrrole nitrogens is 1. The lowest BCUT2D eigenvalue weighted by atomic mass is 9.98. The van der Waals surface area contributed by atoms with Crippen LogP contribution in [0.15, 0.2) is 66.7 Å². The van der Waals surface area contributed by atoms with Gasteiger partial charge in [-0.15, -0.1) is 0 Å². The van der Waals surface area contributed by atoms with Crippen molar-refractivity contribution in [2.75, 3.05) is 0 Å². The number of fused-ring (bicyclic) bond motifs is 1. The van der Waals surface area contributed by atoms with Gasteiger partial charge >= 0.3 is 0 Å². The van der Waals surface area contributed by atoms with E-state index in [2.05, 4.69) is 45.7 Å². The average molecular weight is 329 g/mol. The van der Waals surface area contributed by atoms with Gasteiger partial charge in [0.2, 0.25) is 0 Å². The first-order valence-corrected chi connectivity index (χ1v) is 7.90. The van der Waals surface area contributed by atoms with Crippen LogP contribution in [0, 0.1) is 0 Å². The second kappa shape index (κ2) is 6.20. The van der Waals surface area contributed by atoms with E-state index in [1.54, 1.807) is 0 Å². The molecule has 1 N–H and O–H groups in total. The molecule has 0 aliphatic rings. The predicted molar refractivity (Wildman–Crippen MR) is 95.8 cm³/mol. The van der Waals surface area contributed by atoms with Crippen LogP contribution in [0.25, 0.3) is 21.9 Å². The van der Waals surface area contributed by atoms with E-state index in [9.17, 15) is 4.79 Å². The van der Waals surface area contributed by atoms with Crippen molar-refractivity contribution in [3.63, 3.8) is 0 Å². The fourth-order valence-corrected chi connectivity index (χ4v) is 2.81. The maximum atomic E-state index is 11.5. The van der Waals surface area contributed by atoms with Crippen molar-refractivity contribution in [3.8, 4) is 22.8 Å². The molecule has 1 aromatic heterocycles. The Morgan fingerprint density at radius 2 is 1.72 bits per heavy atom. The standard InChI is InChI=1S/C20H15N3O2/c1-13(24)19-20(22-23-21-19)25-16-11-9-15(10-12-16)18-8-4-6-14-5-2-3-7-17(14)18/h2-12H,1H3,(H,21,22,23). The smallest absolute Gasteiger partial charge is 0.269 e. The number of nitrogens with one attached hydrogen (secondary N) is 1. The molecule has 0 atom stereocenters. The summed E-state index contributed by atoms with van der Waals surface area (Å²) in [5.41, 5.74) is 2.52. The molecular formula is C20H15N3O2. The van der Waals surface area contributed by atoms with Gasteiger partial charge in [-0.05, 0) is 34.0 Å². The molecule has 122 valence electrons. The third-order valence-corrected chi connectivity index (χ3v) is 4.04. The van der Waals surface area contributed by atoms with Gasteiger partial charge in [-0.1, -0.05) is 64.9 Å². The second-order valence-corrected chi connectivity index (χ2v) is 5.70. The highest BCUT2D eigenvalue weighted by molar-refractivity contribution is 5.96. The van der Waals surface area contributed by atoms with Crippen LogP contribution in [0.5, 0.6) is 11.6 Å². The Balaban J connectivity index is 1.66. The van der Waals surface area contributed by atoms with Crippen molar-refractivity contribution in [2.45, 2.75) is 6.92 Å². The van der Waals surface area contributed by atoms with Gasteiger partial charge in [0.25, 0.3) is 5.88 Å². The van der Waals surface area contributed by atoms with Gasteiger partial charge in [0.1, 0.15) is 5.75 Å². The predicted octanol–water partition coefficient (Wildman–Crippen LogP) is 4.62. The molecule has 0 aliphatic heterocycles. The Hall–Kier alpha value is -3.47. The van der Waals surface area contributed by atoms with Crippen LogP contribution in [0.3, 0.4) is 0 Å². The van der Waals surface area contributed by atoms with Gasteiger partial charge in [-0.25, -0.2) is 0 Å². The van der Waals surface area contributed by atoms with Gasteiger partial charge in [0.05, 0.1) is 0 Å². The summed E-state index contributed by atoms with van der Waals surface area (Å²) in [6, 6.07) is 22.2. The molecule has 0 radical (unpaired) electrons. The molecule has 5 nitrogen and oxygen atoms in total. The highest BCUT2D eigenvalue weighted by atomic mass is 16.5. The molecule has 5 heteroatoms. The molecule has 0 saturated carbocycles. The van der Waals surface area contributed by atoms with Gasteiger partial charge in [-0.3, -0.25) is 9.89 Å². The lowest BCUT2D eigenvalue weighted by Crippen LogP contribution is -1.96. The third kappa shape index (κ3) is 2.87. The van der Waals surface area contributed by atoms with Crippen molar-refractivity contribution >= 4 is 16.6 Å². The summed E-state index contributed by atoms with van der Waals surface area (Å²) in [6.07, 6.45) is 0. The van der Waals surface area contributed by atoms with E-state index in [-0.39, 0.29) is 17.4 Å². The topological polar surface area (TPSA) is 67.9 Å². The molecule has 4 aromatic rings. The molecule has 3 aromatic carbocycles. The van der Waals surface area contributed by atoms with E-state index < -0.39 is 0 Å². The number of ketones is 1. The number of nitrogens with zero attached hydrogens (tertiary/aromatic N) is 2. The van der Waals surface area contributed by atoms with Crippen molar-refractivity contribution in [1.82, 2.24) is 15.4 Å². The van der Waals surface area contributed by atoms with Crippen molar-refractivity contribution in [3.05, 3.63) is 72.4 Å². The molecule has 0 saturated heterocycles. The summed E-state index contributed by atoms with van der Waals surface area (Å²) < 4.78 is 5.66. The van der Waals surface area contributed by atoms with E-state index >= 15 is 0 Å². The number of Topliss-reactive ketones (excluding diaryl/α,β-unsaturated/α-hetero) is 1. The minimum absolute atomic E-state index is 0.174. The Labute approximate surface area is 144 Å². The number of aromatic amines is 1. The van der Waals surface area contributed by atoms with E-state index in [1.165, 1.54) is 17.7 Å². The molecule has 0 spiro atoms. The van der Waals surface area contributed by atoms with Crippen LogP contribution >= 0.6 is 0 Å². The summed E-state index contributed by atoms with van der Waals surface area (Å²) in [6.45, 7) is 1.44. The summed E-state index contributed by atoms with van der Waals surface area (Å²) in [5.74, 6) is 0.609. The van der Waals surface area contributed by atoms with Crippen LogP contribution in [0.2, 0.25) is 0 Å². The Bertz CT molecular complexity index is 1050. The number of rotatable bonds is 4. The van der Waals surface area contributed by atoms with Gasteiger partial charge < -0.3 is 4.74 Å². The number of benzene rings is 3. The minimum atomic E-state index is -0.174. The summed E-state index contributed by atoms with van der Waals surface area (Å²) >= 11 is 0. The third-order valence-electron chi connectivity index (χ3n) is 4.04. The summed E-state index contributed by atoms with van der Waals surface area (Å²) in [4.78, 5) is 11.5. The molecule has 0 fully saturated rings. The normalized spacial score (nSPS) is 10.8. The monoisotopic (exact) mass is 329 g/mol. The molecular weight excluding hydrogens is 314 g/mol. The maximum absolute atomic E-state index is 11.5. The Kier molecular flexibility index (Phi) is 3.74. The Morgan fingerprint density at radius 1 is 0.960 bits per heavy atom. The maximum Gasteiger partial charge on any atom is 0.269 e. The largest absolute Gasteiger partial charge is 0.436 e. The number of carbonyl (C=O) groups is 1. The first kappa shape index (κ1) is 15.1. The van der Waals surface area contributed by atoms with E-state index in [1.807, 2.05) is 36.4 Å². The van der Waals surface area contributed by atoms with E-state index in [0.29, 0.717) is 5.75 Å². The number of hydrogen-bond donors (Lipinski definition) is 1. The van der Waals surface area contributed by atoms with Gasteiger partial charge in [0.15, 0.2) is 11.5 Å². The van der Waals surface area contributed by atoms with Crippen molar-refractivity contribution in [2.24, 2.45) is 0 Å². The minimum Gasteiger partial charge on any atom is -0.436 e. The quantitative estimate of drug-likeness (QED) is 0.555. The van der Waals surface area contributed by atoms with Crippen LogP contribution in [0.1, 0.15) is 17.4 Å². The SMILES string of the molecule is CC(=O)c1[nH]nnc1Oc1ccc(-c2cccc3ccccc23)cc1. The molecule has 0 unspecified atom stereocenters. The van der Waals surface area contributed by atoms with Crippen molar-refractivity contribution in [1.29, 1.82) is 0 Å². The molecule has 0 bridgehead atoms. The zero-order valence-electron chi connectivity index (χ0n) is 13.6. The Morgan fingerprint density at radius 3 is 2.52 bits per heavy atom. The average Bonchev–Trinajstić information content (AvgIpc) is 3.10. The zero-order chi connectivity index (χ0) is 17.2. The molecule has 0 amide bonds. The highest BCUT2D eigenvalue weighted by Gasteiger charge is 2.13. The molecule has 1 heterocycles. The number of ether oxygens (including phenoxy) is 1. The highest BCUT2D eigenvalue weighted by Crippen LogP contribution is 2.30. The van der Waals surface area contributed by atoms with Crippen LogP contribution in [-0.4, -0.2) is 21.2 Å². The number of hydrogen-bond acceptors (Lipinski definition) is 4. The van der Waals surface area contributed by atoms with Crippen molar-refractivity contribution < 1.29 is 9.53 Å². The zero-order valence-corrected chi connectivity index (χ0v) is 13.6. The summed E-state index contributed by atoms with van der Waals surface area (Å²) in [5, 5.41) is 12.4. The lowest BCUT2D eigenvalue weighted by molar-refractivity contribution is 0.101. The van der Waals surface area contributed by atoms with Gasteiger partial charge in [0, 0.05) is 6.92 Å². The fraction of sp³-hybridized carbons (Fsp3) is 0.0500. The van der Waals surface area contributed by atoms with Crippen LogP contribution in [-0.2, 0) is 0 Å². The molecule has 0 aliphatic carbocycles. The second-order valence-electron chi connectivity index (χ2n) is 5.70. The van der Waals surface area contributed by atoms with Gasteiger partial charge in [-0.2, -0.15) is 0 Å². The number of aromatic nitrogens is 3. The first-order chi connectivity index (χ1) is 12.2.